The standard InChI is InChI=1S/C16H23NO2/c18-10-16-2-1-15(19-16)9-17-8-13-4-11-3-12(5-13)7-14(17)6-11/h1-2,11-14,18H,3-10H2/t11-,12+,13?,14?. The van der Waals surface area contributed by atoms with Gasteiger partial charge in [0.1, 0.15) is 18.1 Å². The van der Waals surface area contributed by atoms with Gasteiger partial charge in [0.25, 0.3) is 0 Å². The van der Waals surface area contributed by atoms with E-state index in [0.29, 0.717) is 5.76 Å². The Labute approximate surface area is 114 Å². The molecule has 2 saturated carbocycles. The Morgan fingerprint density at radius 1 is 1.00 bits per heavy atom. The average molecular weight is 261 g/mol. The average Bonchev–Trinajstić information content (AvgIpc) is 2.76. The second-order valence-corrected chi connectivity index (χ2v) is 6.89. The van der Waals surface area contributed by atoms with Gasteiger partial charge in [-0.1, -0.05) is 0 Å². The monoisotopic (exact) mass is 261 g/mol. The molecule has 2 aliphatic carbocycles. The second kappa shape index (κ2) is 4.64. The molecule has 4 aliphatic rings. The van der Waals surface area contributed by atoms with Gasteiger partial charge in [-0.15, -0.1) is 0 Å². The van der Waals surface area contributed by atoms with Crippen molar-refractivity contribution in [2.75, 3.05) is 6.54 Å². The Balaban J connectivity index is 1.51. The summed E-state index contributed by atoms with van der Waals surface area (Å²) in [6, 6.07) is 4.71. The van der Waals surface area contributed by atoms with Gasteiger partial charge in [0.15, 0.2) is 0 Å². The Morgan fingerprint density at radius 3 is 2.37 bits per heavy atom. The molecule has 0 radical (unpaired) electrons. The van der Waals surface area contributed by atoms with Gasteiger partial charge in [-0.3, -0.25) is 4.90 Å². The van der Waals surface area contributed by atoms with E-state index in [0.717, 1.165) is 36.1 Å². The predicted molar refractivity (Wildman–Crippen MR) is 72.4 cm³/mol. The normalized spacial score (nSPS) is 37.7. The molecular formula is C16H23NO2. The molecule has 0 amide bonds. The van der Waals surface area contributed by atoms with E-state index in [2.05, 4.69) is 4.90 Å². The number of furan rings is 1. The van der Waals surface area contributed by atoms with E-state index >= 15 is 0 Å². The van der Waals surface area contributed by atoms with E-state index in [9.17, 15) is 0 Å². The molecule has 1 aromatic heterocycles. The molecule has 1 aromatic rings. The fraction of sp³-hybridized carbons (Fsp3) is 0.750. The summed E-state index contributed by atoms with van der Waals surface area (Å²) in [5, 5.41) is 9.09. The minimum Gasteiger partial charge on any atom is -0.462 e. The zero-order valence-corrected chi connectivity index (χ0v) is 11.4. The summed E-state index contributed by atoms with van der Waals surface area (Å²) < 4.78 is 5.67. The zero-order chi connectivity index (χ0) is 12.8. The summed E-state index contributed by atoms with van der Waals surface area (Å²) in [6.45, 7) is 2.20. The SMILES string of the molecule is OCc1ccc(CN2CC3C[C@@H]4CC2C[C@H](C3)C4)o1. The highest BCUT2D eigenvalue weighted by molar-refractivity contribution is 5.07. The molecule has 3 heteroatoms. The zero-order valence-electron chi connectivity index (χ0n) is 11.4. The maximum Gasteiger partial charge on any atom is 0.129 e. The Hall–Kier alpha value is -0.800. The van der Waals surface area contributed by atoms with Gasteiger partial charge in [0, 0.05) is 12.6 Å². The van der Waals surface area contributed by atoms with Crippen molar-refractivity contribution in [1.82, 2.24) is 4.90 Å². The molecule has 0 spiro atoms. The number of hydrogen-bond donors (Lipinski definition) is 1. The molecule has 4 atom stereocenters. The number of fused-ring (bicyclic) bond motifs is 1. The molecule has 19 heavy (non-hydrogen) atoms. The molecule has 4 fully saturated rings. The molecule has 1 N–H and O–H groups in total. The first-order chi connectivity index (χ1) is 9.30. The Bertz CT molecular complexity index is 441. The fourth-order valence-electron chi connectivity index (χ4n) is 4.87. The first-order valence-corrected chi connectivity index (χ1v) is 7.72. The summed E-state index contributed by atoms with van der Waals surface area (Å²) in [5.41, 5.74) is 0. The molecule has 5 rings (SSSR count). The number of rotatable bonds is 3. The summed E-state index contributed by atoms with van der Waals surface area (Å²) in [6.07, 6.45) is 7.23. The number of nitrogens with zero attached hydrogens (tertiary/aromatic N) is 1. The van der Waals surface area contributed by atoms with Crippen LogP contribution in [-0.2, 0) is 13.2 Å². The van der Waals surface area contributed by atoms with Gasteiger partial charge in [-0.25, -0.2) is 0 Å². The van der Waals surface area contributed by atoms with Crippen molar-refractivity contribution >= 4 is 0 Å². The van der Waals surface area contributed by atoms with Crippen molar-refractivity contribution in [2.24, 2.45) is 17.8 Å². The maximum absolute atomic E-state index is 9.09. The lowest BCUT2D eigenvalue weighted by Crippen LogP contribution is -2.37. The van der Waals surface area contributed by atoms with Gasteiger partial charge in [0.05, 0.1) is 6.54 Å². The van der Waals surface area contributed by atoms with Crippen LogP contribution in [0, 0.1) is 17.8 Å². The Morgan fingerprint density at radius 2 is 1.68 bits per heavy atom. The molecule has 3 heterocycles. The lowest BCUT2D eigenvalue weighted by molar-refractivity contribution is 0.116. The van der Waals surface area contributed by atoms with Crippen LogP contribution in [0.1, 0.15) is 43.6 Å². The third kappa shape index (κ3) is 2.23. The summed E-state index contributed by atoms with van der Waals surface area (Å²) in [7, 11) is 0. The van der Waals surface area contributed by atoms with Gasteiger partial charge < -0.3 is 9.52 Å². The van der Waals surface area contributed by atoms with Crippen molar-refractivity contribution in [3.05, 3.63) is 23.7 Å². The molecule has 0 aromatic carbocycles. The second-order valence-electron chi connectivity index (χ2n) is 6.89. The fourth-order valence-corrected chi connectivity index (χ4v) is 4.87. The van der Waals surface area contributed by atoms with Crippen molar-refractivity contribution in [1.29, 1.82) is 0 Å². The van der Waals surface area contributed by atoms with E-state index in [4.69, 9.17) is 9.52 Å². The van der Waals surface area contributed by atoms with Crippen molar-refractivity contribution < 1.29 is 9.52 Å². The molecule has 2 aliphatic heterocycles. The van der Waals surface area contributed by atoms with Crippen LogP contribution in [0.25, 0.3) is 0 Å². The highest BCUT2D eigenvalue weighted by Crippen LogP contribution is 2.47. The van der Waals surface area contributed by atoms with E-state index in [1.54, 1.807) is 0 Å². The van der Waals surface area contributed by atoms with E-state index in [1.165, 1.54) is 38.6 Å². The van der Waals surface area contributed by atoms with E-state index in [1.807, 2.05) is 12.1 Å². The molecule has 3 nitrogen and oxygen atoms in total. The first kappa shape index (κ1) is 12.0. The van der Waals surface area contributed by atoms with Crippen molar-refractivity contribution in [3.63, 3.8) is 0 Å². The minimum absolute atomic E-state index is 0.0101. The van der Waals surface area contributed by atoms with Crippen LogP contribution in [0.15, 0.2) is 16.5 Å². The number of aliphatic hydroxyl groups excluding tert-OH is 1. The van der Waals surface area contributed by atoms with Crippen molar-refractivity contribution in [3.8, 4) is 0 Å². The largest absolute Gasteiger partial charge is 0.462 e. The van der Waals surface area contributed by atoms with Gasteiger partial charge in [0.2, 0.25) is 0 Å². The highest BCUT2D eigenvalue weighted by Gasteiger charge is 2.42. The molecule has 2 saturated heterocycles. The van der Waals surface area contributed by atoms with Gasteiger partial charge >= 0.3 is 0 Å². The quantitative estimate of drug-likeness (QED) is 0.909. The van der Waals surface area contributed by atoms with Gasteiger partial charge in [-0.2, -0.15) is 0 Å². The van der Waals surface area contributed by atoms with E-state index in [-0.39, 0.29) is 6.61 Å². The van der Waals surface area contributed by atoms with Gasteiger partial charge in [-0.05, 0) is 62.0 Å². The number of hydrogen-bond acceptors (Lipinski definition) is 3. The van der Waals surface area contributed by atoms with Crippen molar-refractivity contribution in [2.45, 2.75) is 51.3 Å². The molecule has 4 bridgehead atoms. The predicted octanol–water partition coefficient (Wildman–Crippen LogP) is 2.78. The van der Waals surface area contributed by atoms with Crippen LogP contribution in [0.5, 0.6) is 0 Å². The topological polar surface area (TPSA) is 36.6 Å². The van der Waals surface area contributed by atoms with Crippen LogP contribution >= 0.6 is 0 Å². The Kier molecular flexibility index (Phi) is 2.92. The third-order valence-corrected chi connectivity index (χ3v) is 5.45. The molecule has 104 valence electrons. The summed E-state index contributed by atoms with van der Waals surface area (Å²) >= 11 is 0. The minimum atomic E-state index is 0.0101. The number of aliphatic hydroxyl groups is 1. The summed E-state index contributed by atoms with van der Waals surface area (Å²) in [4.78, 5) is 2.66. The van der Waals surface area contributed by atoms with E-state index < -0.39 is 0 Å². The smallest absolute Gasteiger partial charge is 0.129 e. The molecular weight excluding hydrogens is 238 g/mol. The lowest BCUT2D eigenvalue weighted by atomic mass is 9.68. The van der Waals surface area contributed by atoms with Crippen LogP contribution in [0.3, 0.4) is 0 Å². The van der Waals surface area contributed by atoms with Crippen LogP contribution in [0.2, 0.25) is 0 Å². The summed E-state index contributed by atoms with van der Waals surface area (Å²) in [5.74, 6) is 4.62. The maximum atomic E-state index is 9.09. The lowest BCUT2D eigenvalue weighted by Gasteiger charge is -2.39. The van der Waals surface area contributed by atoms with Crippen LogP contribution in [-0.4, -0.2) is 22.6 Å². The first-order valence-electron chi connectivity index (χ1n) is 7.72. The van der Waals surface area contributed by atoms with Crippen LogP contribution in [0.4, 0.5) is 0 Å². The third-order valence-electron chi connectivity index (χ3n) is 5.45. The highest BCUT2D eigenvalue weighted by atomic mass is 16.4. The van der Waals surface area contributed by atoms with Crippen LogP contribution < -0.4 is 0 Å². The molecule has 2 unspecified atom stereocenters.